The summed E-state index contributed by atoms with van der Waals surface area (Å²) in [6.07, 6.45) is 2.61. The van der Waals surface area contributed by atoms with Gasteiger partial charge in [-0.2, -0.15) is 0 Å². The van der Waals surface area contributed by atoms with E-state index in [9.17, 15) is 9.59 Å². The van der Waals surface area contributed by atoms with E-state index < -0.39 is 5.60 Å². The van der Waals surface area contributed by atoms with E-state index in [0.29, 0.717) is 26.2 Å². The number of amides is 1. The minimum Gasteiger partial charge on any atom is -0.466 e. The normalized spacial score (nSPS) is 21.1. The number of esters is 1. The van der Waals surface area contributed by atoms with E-state index in [4.69, 9.17) is 9.47 Å². The van der Waals surface area contributed by atoms with Gasteiger partial charge in [-0.3, -0.25) is 14.7 Å². The van der Waals surface area contributed by atoms with Crippen molar-refractivity contribution < 1.29 is 19.1 Å². The van der Waals surface area contributed by atoms with Crippen molar-refractivity contribution in [3.05, 3.63) is 0 Å². The van der Waals surface area contributed by atoms with Gasteiger partial charge in [0.15, 0.2) is 5.96 Å². The minimum absolute atomic E-state index is 0.0754. The summed E-state index contributed by atoms with van der Waals surface area (Å²) in [5.41, 5.74) is -0.455. The zero-order valence-electron chi connectivity index (χ0n) is 20.0. The molecule has 0 aliphatic carbocycles. The number of rotatable bonds is 6. The molecule has 1 unspecified atom stereocenters. The number of hydrogen-bond acceptors (Lipinski definition) is 6. The summed E-state index contributed by atoms with van der Waals surface area (Å²) in [4.78, 5) is 35.0. The molecule has 0 spiro atoms. The van der Waals surface area contributed by atoms with Gasteiger partial charge in [-0.1, -0.05) is 0 Å². The number of nitrogens with zero attached hydrogens (tertiary/aromatic N) is 4. The predicted molar refractivity (Wildman–Crippen MR) is 121 cm³/mol. The van der Waals surface area contributed by atoms with Crippen LogP contribution in [-0.4, -0.2) is 104 Å². The van der Waals surface area contributed by atoms with Gasteiger partial charge >= 0.3 is 12.1 Å². The van der Waals surface area contributed by atoms with Crippen LogP contribution in [0.15, 0.2) is 4.99 Å². The second kappa shape index (κ2) is 12.1. The van der Waals surface area contributed by atoms with Gasteiger partial charge in [-0.25, -0.2) is 4.79 Å². The number of piperazine rings is 1. The summed E-state index contributed by atoms with van der Waals surface area (Å²) in [5, 5.41) is 3.44. The molecule has 0 bridgehead atoms. The van der Waals surface area contributed by atoms with Crippen LogP contribution in [0.4, 0.5) is 4.79 Å². The lowest BCUT2D eigenvalue weighted by atomic mass is 9.98. The highest BCUT2D eigenvalue weighted by Crippen LogP contribution is 2.18. The lowest BCUT2D eigenvalue weighted by Gasteiger charge is -2.36. The quantitative estimate of drug-likeness (QED) is 0.292. The molecule has 9 heteroatoms. The number of hydrogen-bond donors (Lipinski definition) is 1. The molecule has 31 heavy (non-hydrogen) atoms. The average Bonchev–Trinajstić information content (AvgIpc) is 2.73. The Kier molecular flexibility index (Phi) is 9.87. The molecule has 1 amide bonds. The first-order valence-corrected chi connectivity index (χ1v) is 11.6. The van der Waals surface area contributed by atoms with Crippen LogP contribution in [0.2, 0.25) is 0 Å². The highest BCUT2D eigenvalue weighted by molar-refractivity contribution is 5.81. The van der Waals surface area contributed by atoms with Crippen LogP contribution in [0.5, 0.6) is 0 Å². The highest BCUT2D eigenvalue weighted by Gasteiger charge is 2.28. The summed E-state index contributed by atoms with van der Waals surface area (Å²) in [7, 11) is 1.78. The second-order valence-electron chi connectivity index (χ2n) is 9.17. The van der Waals surface area contributed by atoms with E-state index in [2.05, 4.69) is 20.1 Å². The monoisotopic (exact) mass is 439 g/mol. The van der Waals surface area contributed by atoms with E-state index in [1.807, 2.05) is 27.7 Å². The first kappa shape index (κ1) is 25.2. The van der Waals surface area contributed by atoms with Gasteiger partial charge in [-0.05, 0) is 53.5 Å². The van der Waals surface area contributed by atoms with Crippen molar-refractivity contribution in [1.82, 2.24) is 20.0 Å². The van der Waals surface area contributed by atoms with Crippen LogP contribution in [0, 0.1) is 5.92 Å². The number of piperidine rings is 1. The van der Waals surface area contributed by atoms with Crippen LogP contribution >= 0.6 is 0 Å². The first-order chi connectivity index (χ1) is 14.7. The Bertz CT molecular complexity index is 612. The Balaban J connectivity index is 1.66. The first-order valence-electron chi connectivity index (χ1n) is 11.6. The van der Waals surface area contributed by atoms with E-state index in [1.165, 1.54) is 0 Å². The standard InChI is InChI=1S/C22H41N5O4/c1-6-30-19(28)18-9-7-12-27(17-18)20(23-5)24-10-8-11-25-13-15-26(16-14-25)21(29)31-22(2,3)4/h18H,6-17H2,1-5H3,(H,23,24). The molecule has 0 aromatic heterocycles. The fourth-order valence-electron chi connectivity index (χ4n) is 3.94. The topological polar surface area (TPSA) is 86.7 Å². The van der Waals surface area contributed by atoms with Crippen molar-refractivity contribution in [3.8, 4) is 0 Å². The largest absolute Gasteiger partial charge is 0.466 e. The SMILES string of the molecule is CCOC(=O)C1CCCN(C(=NC)NCCCN2CCN(C(=O)OC(C)(C)C)CC2)C1. The number of carbonyl (C=O) groups excluding carboxylic acids is 2. The third-order valence-corrected chi connectivity index (χ3v) is 5.51. The van der Waals surface area contributed by atoms with Crippen LogP contribution in [-0.2, 0) is 14.3 Å². The molecule has 2 heterocycles. The highest BCUT2D eigenvalue weighted by atomic mass is 16.6. The molecule has 2 aliphatic rings. The maximum Gasteiger partial charge on any atom is 0.410 e. The third kappa shape index (κ3) is 8.55. The maximum absolute atomic E-state index is 12.2. The van der Waals surface area contributed by atoms with E-state index in [1.54, 1.807) is 11.9 Å². The predicted octanol–water partition coefficient (Wildman–Crippen LogP) is 1.78. The zero-order chi connectivity index (χ0) is 22.9. The van der Waals surface area contributed by atoms with Crippen molar-refractivity contribution in [2.45, 2.75) is 52.6 Å². The van der Waals surface area contributed by atoms with Crippen molar-refractivity contribution >= 4 is 18.0 Å². The van der Waals surface area contributed by atoms with Gasteiger partial charge in [0.1, 0.15) is 5.60 Å². The molecular formula is C22H41N5O4. The number of ether oxygens (including phenoxy) is 2. The third-order valence-electron chi connectivity index (χ3n) is 5.51. The summed E-state index contributed by atoms with van der Waals surface area (Å²) in [6, 6.07) is 0. The summed E-state index contributed by atoms with van der Waals surface area (Å²) >= 11 is 0. The Morgan fingerprint density at radius 3 is 2.42 bits per heavy atom. The lowest BCUT2D eigenvalue weighted by molar-refractivity contribution is -0.149. The van der Waals surface area contributed by atoms with E-state index >= 15 is 0 Å². The van der Waals surface area contributed by atoms with Crippen molar-refractivity contribution in [1.29, 1.82) is 0 Å². The molecule has 178 valence electrons. The van der Waals surface area contributed by atoms with Crippen LogP contribution in [0.1, 0.15) is 47.0 Å². The van der Waals surface area contributed by atoms with E-state index in [0.717, 1.165) is 57.9 Å². The van der Waals surface area contributed by atoms with Gasteiger partial charge in [0, 0.05) is 52.9 Å². The maximum atomic E-state index is 12.2. The smallest absolute Gasteiger partial charge is 0.410 e. The van der Waals surface area contributed by atoms with Gasteiger partial charge in [0.25, 0.3) is 0 Å². The van der Waals surface area contributed by atoms with Crippen molar-refractivity contribution in [3.63, 3.8) is 0 Å². The lowest BCUT2D eigenvalue weighted by Crippen LogP contribution is -2.51. The summed E-state index contributed by atoms with van der Waals surface area (Å²) in [6.45, 7) is 14.4. The molecule has 1 N–H and O–H groups in total. The number of aliphatic imine (C=N–C) groups is 1. The number of nitrogens with one attached hydrogen (secondary N) is 1. The van der Waals surface area contributed by atoms with Crippen LogP contribution in [0.25, 0.3) is 0 Å². The van der Waals surface area contributed by atoms with Gasteiger partial charge in [0.05, 0.1) is 12.5 Å². The van der Waals surface area contributed by atoms with Crippen molar-refractivity contribution in [2.75, 3.05) is 66.0 Å². The Hall–Kier alpha value is -2.03. The molecule has 2 aliphatic heterocycles. The number of likely N-dealkylation sites (tertiary alicyclic amines) is 1. The Labute approximate surface area is 187 Å². The molecule has 1 atom stereocenters. The average molecular weight is 440 g/mol. The fourth-order valence-corrected chi connectivity index (χ4v) is 3.94. The summed E-state index contributed by atoms with van der Waals surface area (Å²) < 4.78 is 10.6. The molecule has 0 radical (unpaired) electrons. The van der Waals surface area contributed by atoms with E-state index in [-0.39, 0.29) is 18.0 Å². The Morgan fingerprint density at radius 1 is 1.10 bits per heavy atom. The van der Waals surface area contributed by atoms with Gasteiger partial charge < -0.3 is 24.6 Å². The van der Waals surface area contributed by atoms with Gasteiger partial charge in [0.2, 0.25) is 0 Å². The molecule has 0 saturated carbocycles. The fraction of sp³-hybridized carbons (Fsp3) is 0.864. The molecule has 0 aromatic carbocycles. The van der Waals surface area contributed by atoms with Crippen molar-refractivity contribution in [2.24, 2.45) is 10.9 Å². The number of guanidine groups is 1. The van der Waals surface area contributed by atoms with Gasteiger partial charge in [-0.15, -0.1) is 0 Å². The van der Waals surface area contributed by atoms with Crippen LogP contribution in [0.3, 0.4) is 0 Å². The molecular weight excluding hydrogens is 398 g/mol. The Morgan fingerprint density at radius 2 is 1.81 bits per heavy atom. The number of carbonyl (C=O) groups is 2. The minimum atomic E-state index is -0.455. The molecule has 9 nitrogen and oxygen atoms in total. The second-order valence-corrected chi connectivity index (χ2v) is 9.17. The van der Waals surface area contributed by atoms with Crippen LogP contribution < -0.4 is 5.32 Å². The molecule has 2 rings (SSSR count). The molecule has 2 fully saturated rings. The zero-order valence-corrected chi connectivity index (χ0v) is 20.0. The summed E-state index contributed by atoms with van der Waals surface area (Å²) in [5.74, 6) is 0.672. The molecule has 0 aromatic rings. The molecule has 2 saturated heterocycles.